The second-order valence-electron chi connectivity index (χ2n) is 3.15. The topological polar surface area (TPSA) is 81.1 Å². The van der Waals surface area contributed by atoms with Crippen LogP contribution in [-0.4, -0.2) is 19.0 Å². The number of nitrogens with one attached hydrogen (secondary N) is 1. The standard InChI is InChI=1S/C11H14BrN3O/c12-10-7-8(15-6-2-1-5-13)3-4-9(10)11(14)16/h1-4,7,15H,5-6,13H2,(H2,14,16)/b2-1+. The van der Waals surface area contributed by atoms with Gasteiger partial charge < -0.3 is 16.8 Å². The lowest BCUT2D eigenvalue weighted by Crippen LogP contribution is -2.11. The first kappa shape index (κ1) is 12.7. The van der Waals surface area contributed by atoms with Gasteiger partial charge in [0.05, 0.1) is 5.56 Å². The van der Waals surface area contributed by atoms with Crippen LogP contribution in [0.4, 0.5) is 5.69 Å². The number of hydrogen-bond donors (Lipinski definition) is 3. The van der Waals surface area contributed by atoms with Crippen molar-refractivity contribution >= 4 is 27.5 Å². The van der Waals surface area contributed by atoms with Gasteiger partial charge in [-0.1, -0.05) is 12.2 Å². The SMILES string of the molecule is NC/C=C/CNc1ccc(C(N)=O)c(Br)c1. The third-order valence-electron chi connectivity index (χ3n) is 1.96. The first-order chi connectivity index (χ1) is 7.65. The predicted octanol–water partition coefficient (Wildman–Crippen LogP) is 1.47. The second kappa shape index (κ2) is 6.30. The number of primary amides is 1. The molecule has 16 heavy (non-hydrogen) atoms. The minimum Gasteiger partial charge on any atom is -0.382 e. The number of nitrogens with two attached hydrogens (primary N) is 2. The maximum Gasteiger partial charge on any atom is 0.249 e. The summed E-state index contributed by atoms with van der Waals surface area (Å²) in [6.07, 6.45) is 3.82. The molecule has 1 amide bonds. The molecular formula is C11H14BrN3O. The Morgan fingerprint density at radius 2 is 2.19 bits per heavy atom. The average molecular weight is 284 g/mol. The van der Waals surface area contributed by atoms with Crippen molar-refractivity contribution in [2.24, 2.45) is 11.5 Å². The van der Waals surface area contributed by atoms with Crippen molar-refractivity contribution in [1.29, 1.82) is 0 Å². The van der Waals surface area contributed by atoms with Gasteiger partial charge in [0.1, 0.15) is 0 Å². The zero-order valence-corrected chi connectivity index (χ0v) is 10.3. The van der Waals surface area contributed by atoms with Gasteiger partial charge >= 0.3 is 0 Å². The van der Waals surface area contributed by atoms with E-state index in [9.17, 15) is 4.79 Å². The molecule has 1 rings (SSSR count). The van der Waals surface area contributed by atoms with E-state index < -0.39 is 5.91 Å². The van der Waals surface area contributed by atoms with E-state index in [1.807, 2.05) is 18.2 Å². The number of carbonyl (C=O) groups excluding carboxylic acids is 1. The highest BCUT2D eigenvalue weighted by Crippen LogP contribution is 2.20. The molecule has 4 nitrogen and oxygen atoms in total. The lowest BCUT2D eigenvalue weighted by Gasteiger charge is -2.06. The van der Waals surface area contributed by atoms with E-state index in [-0.39, 0.29) is 0 Å². The molecule has 5 heteroatoms. The van der Waals surface area contributed by atoms with E-state index >= 15 is 0 Å². The lowest BCUT2D eigenvalue weighted by atomic mass is 10.2. The molecule has 0 aliphatic carbocycles. The van der Waals surface area contributed by atoms with Crippen LogP contribution in [0.1, 0.15) is 10.4 Å². The number of carbonyl (C=O) groups is 1. The van der Waals surface area contributed by atoms with Crippen LogP contribution in [-0.2, 0) is 0 Å². The van der Waals surface area contributed by atoms with Gasteiger partial charge in [-0.2, -0.15) is 0 Å². The normalized spacial score (nSPS) is 10.6. The molecule has 0 spiro atoms. The van der Waals surface area contributed by atoms with Gasteiger partial charge in [0.25, 0.3) is 0 Å². The van der Waals surface area contributed by atoms with Crippen molar-refractivity contribution in [2.75, 3.05) is 18.4 Å². The molecule has 5 N–H and O–H groups in total. The molecular weight excluding hydrogens is 270 g/mol. The summed E-state index contributed by atoms with van der Waals surface area (Å²) in [7, 11) is 0. The van der Waals surface area contributed by atoms with Crippen molar-refractivity contribution in [3.8, 4) is 0 Å². The molecule has 1 aromatic carbocycles. The molecule has 86 valence electrons. The quantitative estimate of drug-likeness (QED) is 0.716. The van der Waals surface area contributed by atoms with Gasteiger partial charge in [0.2, 0.25) is 5.91 Å². The monoisotopic (exact) mass is 283 g/mol. The van der Waals surface area contributed by atoms with Crippen LogP contribution in [0.15, 0.2) is 34.8 Å². The highest BCUT2D eigenvalue weighted by atomic mass is 79.9. The van der Waals surface area contributed by atoms with Gasteiger partial charge in [-0.05, 0) is 34.1 Å². The van der Waals surface area contributed by atoms with Gasteiger partial charge in [0, 0.05) is 23.2 Å². The Balaban J connectivity index is 2.66. The van der Waals surface area contributed by atoms with E-state index in [2.05, 4.69) is 21.2 Å². The minimum absolute atomic E-state index is 0.443. The number of amides is 1. The summed E-state index contributed by atoms with van der Waals surface area (Å²) in [5.41, 5.74) is 11.9. The maximum absolute atomic E-state index is 11.0. The number of anilines is 1. The number of rotatable bonds is 5. The summed E-state index contributed by atoms with van der Waals surface area (Å²) in [5, 5.41) is 3.16. The number of hydrogen-bond acceptors (Lipinski definition) is 3. The summed E-state index contributed by atoms with van der Waals surface area (Å²) in [5.74, 6) is -0.443. The fraction of sp³-hybridized carbons (Fsp3) is 0.182. The zero-order valence-electron chi connectivity index (χ0n) is 8.74. The van der Waals surface area contributed by atoms with E-state index in [4.69, 9.17) is 11.5 Å². The number of benzene rings is 1. The van der Waals surface area contributed by atoms with E-state index in [1.165, 1.54) is 0 Å². The molecule has 0 saturated heterocycles. The molecule has 0 heterocycles. The lowest BCUT2D eigenvalue weighted by molar-refractivity contribution is 0.0999. The summed E-state index contributed by atoms with van der Waals surface area (Å²) in [4.78, 5) is 11.0. The van der Waals surface area contributed by atoms with Gasteiger partial charge in [-0.25, -0.2) is 0 Å². The van der Waals surface area contributed by atoms with Gasteiger partial charge in [-0.15, -0.1) is 0 Å². The summed E-state index contributed by atoms with van der Waals surface area (Å²) < 4.78 is 0.688. The molecule has 0 radical (unpaired) electrons. The highest BCUT2D eigenvalue weighted by Gasteiger charge is 2.05. The van der Waals surface area contributed by atoms with Crippen LogP contribution in [0.2, 0.25) is 0 Å². The Kier molecular flexibility index (Phi) is 5.01. The first-order valence-corrected chi connectivity index (χ1v) is 5.62. The Labute approximate surface area is 103 Å². The average Bonchev–Trinajstić information content (AvgIpc) is 2.24. The van der Waals surface area contributed by atoms with Crippen molar-refractivity contribution in [2.45, 2.75) is 0 Å². The minimum atomic E-state index is -0.443. The maximum atomic E-state index is 11.0. The van der Waals surface area contributed by atoms with E-state index in [0.29, 0.717) is 23.1 Å². The Morgan fingerprint density at radius 3 is 2.75 bits per heavy atom. The fourth-order valence-corrected chi connectivity index (χ4v) is 1.76. The fourth-order valence-electron chi connectivity index (χ4n) is 1.18. The van der Waals surface area contributed by atoms with Crippen molar-refractivity contribution in [3.63, 3.8) is 0 Å². The van der Waals surface area contributed by atoms with Crippen LogP contribution < -0.4 is 16.8 Å². The van der Waals surface area contributed by atoms with Crippen LogP contribution >= 0.6 is 15.9 Å². The molecule has 0 aromatic heterocycles. The molecule has 0 aliphatic rings. The summed E-state index contributed by atoms with van der Waals surface area (Å²) in [6.45, 7) is 1.23. The molecule has 0 bridgehead atoms. The summed E-state index contributed by atoms with van der Waals surface area (Å²) >= 11 is 3.29. The first-order valence-electron chi connectivity index (χ1n) is 4.83. The second-order valence-corrected chi connectivity index (χ2v) is 4.00. The molecule has 0 fully saturated rings. The number of halogens is 1. The molecule has 0 unspecified atom stereocenters. The van der Waals surface area contributed by atoms with Crippen LogP contribution in [0, 0.1) is 0 Å². The van der Waals surface area contributed by atoms with Crippen molar-refractivity contribution in [3.05, 3.63) is 40.4 Å². The van der Waals surface area contributed by atoms with Crippen molar-refractivity contribution < 1.29 is 4.79 Å². The zero-order chi connectivity index (χ0) is 12.0. The predicted molar refractivity (Wildman–Crippen MR) is 69.3 cm³/mol. The molecule has 0 atom stereocenters. The Morgan fingerprint density at radius 1 is 1.44 bits per heavy atom. The van der Waals surface area contributed by atoms with Crippen LogP contribution in [0.5, 0.6) is 0 Å². The summed E-state index contributed by atoms with van der Waals surface area (Å²) in [6, 6.07) is 5.30. The van der Waals surface area contributed by atoms with Crippen LogP contribution in [0.25, 0.3) is 0 Å². The van der Waals surface area contributed by atoms with Crippen LogP contribution in [0.3, 0.4) is 0 Å². The Bertz CT molecular complexity index is 404. The van der Waals surface area contributed by atoms with Crippen molar-refractivity contribution in [1.82, 2.24) is 0 Å². The third-order valence-corrected chi connectivity index (χ3v) is 2.62. The molecule has 0 saturated carbocycles. The third kappa shape index (κ3) is 3.67. The molecule has 1 aromatic rings. The van der Waals surface area contributed by atoms with E-state index in [0.717, 1.165) is 5.69 Å². The highest BCUT2D eigenvalue weighted by molar-refractivity contribution is 9.10. The smallest absolute Gasteiger partial charge is 0.249 e. The van der Waals surface area contributed by atoms with Gasteiger partial charge in [0.15, 0.2) is 0 Å². The Hall–Kier alpha value is -1.33. The van der Waals surface area contributed by atoms with Gasteiger partial charge in [-0.3, -0.25) is 4.79 Å². The van der Waals surface area contributed by atoms with E-state index in [1.54, 1.807) is 12.1 Å². The molecule has 0 aliphatic heterocycles. The largest absolute Gasteiger partial charge is 0.382 e.